The van der Waals surface area contributed by atoms with Gasteiger partial charge < -0.3 is 14.5 Å². The molecule has 3 aliphatic rings. The van der Waals surface area contributed by atoms with Crippen LogP contribution in [-0.2, 0) is 14.3 Å². The maximum Gasteiger partial charge on any atom is 0.260 e. The number of hydrogen-bond donors (Lipinski definition) is 0. The Kier molecular flexibility index (Phi) is 4.14. The number of carbonyl (C=O) groups is 2. The number of amides is 2. The summed E-state index contributed by atoms with van der Waals surface area (Å²) in [4.78, 5) is 26.8. The number of thioether (sulfide) groups is 1. The SMILES string of the molecule is CN(C)C(=O)CO[C@H]1CSC2(C1)CN(C(=O)C1(F)CCC1)C2. The molecule has 0 unspecified atom stereocenters. The number of halogens is 1. The highest BCUT2D eigenvalue weighted by atomic mass is 32.2. The van der Waals surface area contributed by atoms with Gasteiger partial charge in [0.05, 0.1) is 10.9 Å². The minimum Gasteiger partial charge on any atom is -0.367 e. The zero-order chi connectivity index (χ0) is 16.0. The maximum absolute atomic E-state index is 14.1. The highest BCUT2D eigenvalue weighted by molar-refractivity contribution is 8.01. The summed E-state index contributed by atoms with van der Waals surface area (Å²) in [5.41, 5.74) is -1.58. The number of carbonyl (C=O) groups excluding carboxylic acids is 2. The first-order valence-corrected chi connectivity index (χ1v) is 8.76. The summed E-state index contributed by atoms with van der Waals surface area (Å²) < 4.78 is 19.8. The van der Waals surface area contributed by atoms with Gasteiger partial charge in [-0.3, -0.25) is 9.59 Å². The van der Waals surface area contributed by atoms with Crippen LogP contribution >= 0.6 is 11.8 Å². The third kappa shape index (κ3) is 2.85. The van der Waals surface area contributed by atoms with Crippen LogP contribution in [0.5, 0.6) is 0 Å². The topological polar surface area (TPSA) is 49.9 Å². The van der Waals surface area contributed by atoms with Gasteiger partial charge in [0.1, 0.15) is 6.61 Å². The molecule has 2 aliphatic heterocycles. The smallest absolute Gasteiger partial charge is 0.260 e. The van der Waals surface area contributed by atoms with Crippen LogP contribution in [0.3, 0.4) is 0 Å². The summed E-state index contributed by atoms with van der Waals surface area (Å²) in [6, 6.07) is 0. The van der Waals surface area contributed by atoms with E-state index in [4.69, 9.17) is 4.74 Å². The zero-order valence-corrected chi connectivity index (χ0v) is 14.0. The predicted octanol–water partition coefficient (Wildman–Crippen LogP) is 1.07. The number of hydrogen-bond acceptors (Lipinski definition) is 4. The quantitative estimate of drug-likeness (QED) is 0.774. The Balaban J connectivity index is 1.44. The fraction of sp³-hybridized carbons (Fsp3) is 0.867. The van der Waals surface area contributed by atoms with Gasteiger partial charge in [-0.1, -0.05) is 0 Å². The molecule has 0 aromatic carbocycles. The molecular weight excluding hydrogens is 307 g/mol. The first kappa shape index (κ1) is 16.1. The second-order valence-electron chi connectivity index (χ2n) is 6.90. The van der Waals surface area contributed by atoms with Crippen molar-refractivity contribution in [3.05, 3.63) is 0 Å². The summed E-state index contributed by atoms with van der Waals surface area (Å²) in [6.45, 7) is 1.33. The third-order valence-corrected chi connectivity index (χ3v) is 6.47. The molecule has 0 N–H and O–H groups in total. The van der Waals surface area contributed by atoms with E-state index in [1.165, 1.54) is 4.90 Å². The lowest BCUT2D eigenvalue weighted by Crippen LogP contribution is -2.65. The lowest BCUT2D eigenvalue weighted by Gasteiger charge is -2.50. The van der Waals surface area contributed by atoms with Gasteiger partial charge in [0.15, 0.2) is 5.67 Å². The molecule has 0 aromatic rings. The minimum atomic E-state index is -1.58. The summed E-state index contributed by atoms with van der Waals surface area (Å²) >= 11 is 1.79. The van der Waals surface area contributed by atoms with E-state index in [2.05, 4.69) is 0 Å². The highest BCUT2D eigenvalue weighted by Gasteiger charge is 2.56. The lowest BCUT2D eigenvalue weighted by atomic mass is 9.79. The van der Waals surface area contributed by atoms with E-state index < -0.39 is 5.67 Å². The minimum absolute atomic E-state index is 0.0155. The average molecular weight is 330 g/mol. The van der Waals surface area contributed by atoms with Gasteiger partial charge in [0, 0.05) is 32.9 Å². The van der Waals surface area contributed by atoms with E-state index in [1.54, 1.807) is 30.8 Å². The molecule has 22 heavy (non-hydrogen) atoms. The largest absolute Gasteiger partial charge is 0.367 e. The van der Waals surface area contributed by atoms with Crippen molar-refractivity contribution in [1.29, 1.82) is 0 Å². The molecule has 124 valence electrons. The number of likely N-dealkylation sites (tertiary alicyclic amines) is 1. The van der Waals surface area contributed by atoms with Crippen LogP contribution in [0.15, 0.2) is 0 Å². The number of rotatable bonds is 4. The van der Waals surface area contributed by atoms with Crippen LogP contribution in [0, 0.1) is 0 Å². The van der Waals surface area contributed by atoms with Crippen molar-refractivity contribution in [3.8, 4) is 0 Å². The average Bonchev–Trinajstić information content (AvgIpc) is 2.84. The van der Waals surface area contributed by atoms with Crippen LogP contribution < -0.4 is 0 Å². The van der Waals surface area contributed by atoms with Crippen molar-refractivity contribution >= 4 is 23.6 Å². The number of ether oxygens (including phenoxy) is 1. The Morgan fingerprint density at radius 1 is 1.36 bits per heavy atom. The molecule has 1 spiro atoms. The standard InChI is InChI=1S/C15H23FN2O3S/c1-17(2)12(19)7-21-11-6-14(22-8-11)9-18(10-14)13(20)15(16)4-3-5-15/h11H,3-10H2,1-2H3/t11-/m1/s1. The normalized spacial score (nSPS) is 28.1. The second-order valence-corrected chi connectivity index (χ2v) is 8.39. The van der Waals surface area contributed by atoms with Crippen molar-refractivity contribution in [2.45, 2.75) is 42.2 Å². The monoisotopic (exact) mass is 330 g/mol. The van der Waals surface area contributed by atoms with Crippen LogP contribution in [0.2, 0.25) is 0 Å². The molecule has 1 atom stereocenters. The van der Waals surface area contributed by atoms with Crippen molar-refractivity contribution in [1.82, 2.24) is 9.80 Å². The molecule has 0 aromatic heterocycles. The van der Waals surface area contributed by atoms with E-state index in [1.807, 2.05) is 0 Å². The van der Waals surface area contributed by atoms with E-state index in [-0.39, 0.29) is 29.3 Å². The summed E-state index contributed by atoms with van der Waals surface area (Å²) in [6.07, 6.45) is 2.45. The van der Waals surface area contributed by atoms with Gasteiger partial charge in [-0.05, 0) is 25.7 Å². The van der Waals surface area contributed by atoms with Crippen molar-refractivity contribution < 1.29 is 18.7 Å². The Hall–Kier alpha value is -0.820. The van der Waals surface area contributed by atoms with Gasteiger partial charge in [0.2, 0.25) is 5.91 Å². The maximum atomic E-state index is 14.1. The molecule has 2 heterocycles. The van der Waals surface area contributed by atoms with Crippen LogP contribution in [0.1, 0.15) is 25.7 Å². The van der Waals surface area contributed by atoms with Gasteiger partial charge in [-0.25, -0.2) is 4.39 Å². The summed E-state index contributed by atoms with van der Waals surface area (Å²) in [5.74, 6) is 0.474. The Labute approximate surface area is 134 Å². The number of alkyl halides is 1. The molecule has 2 amide bonds. The molecule has 5 nitrogen and oxygen atoms in total. The van der Waals surface area contributed by atoms with Gasteiger partial charge in [-0.2, -0.15) is 0 Å². The molecule has 0 bridgehead atoms. The molecule has 3 rings (SSSR count). The summed E-state index contributed by atoms with van der Waals surface area (Å²) in [5, 5.41) is 0. The van der Waals surface area contributed by atoms with Crippen molar-refractivity contribution in [2.24, 2.45) is 0 Å². The van der Waals surface area contributed by atoms with E-state index in [0.29, 0.717) is 25.9 Å². The van der Waals surface area contributed by atoms with Gasteiger partial charge in [-0.15, -0.1) is 11.8 Å². The van der Waals surface area contributed by atoms with E-state index in [9.17, 15) is 14.0 Å². The fourth-order valence-corrected chi connectivity index (χ4v) is 4.78. The second kappa shape index (κ2) is 5.67. The zero-order valence-electron chi connectivity index (χ0n) is 13.1. The van der Waals surface area contributed by atoms with E-state index >= 15 is 0 Å². The Bertz CT molecular complexity index is 475. The lowest BCUT2D eigenvalue weighted by molar-refractivity contribution is -0.155. The number of likely N-dealkylation sites (N-methyl/N-ethyl adjacent to an activating group) is 1. The molecule has 1 saturated carbocycles. The van der Waals surface area contributed by atoms with Gasteiger partial charge >= 0.3 is 0 Å². The first-order chi connectivity index (χ1) is 10.3. The molecule has 0 radical (unpaired) electrons. The first-order valence-electron chi connectivity index (χ1n) is 7.78. The Morgan fingerprint density at radius 3 is 2.59 bits per heavy atom. The molecule has 3 fully saturated rings. The molecule has 1 aliphatic carbocycles. The third-order valence-electron chi connectivity index (χ3n) is 4.89. The van der Waals surface area contributed by atoms with Crippen molar-refractivity contribution in [2.75, 3.05) is 39.5 Å². The molecule has 7 heteroatoms. The van der Waals surface area contributed by atoms with Crippen molar-refractivity contribution in [3.63, 3.8) is 0 Å². The highest BCUT2D eigenvalue weighted by Crippen LogP contribution is 2.48. The fourth-order valence-electron chi connectivity index (χ4n) is 3.23. The number of nitrogens with zero attached hydrogens (tertiary/aromatic N) is 2. The molecular formula is C15H23FN2O3S. The van der Waals surface area contributed by atoms with Crippen LogP contribution in [0.25, 0.3) is 0 Å². The van der Waals surface area contributed by atoms with E-state index in [0.717, 1.165) is 18.6 Å². The predicted molar refractivity (Wildman–Crippen MR) is 82.5 cm³/mol. The summed E-state index contributed by atoms with van der Waals surface area (Å²) in [7, 11) is 3.42. The Morgan fingerprint density at radius 2 is 2.05 bits per heavy atom. The van der Waals surface area contributed by atoms with Gasteiger partial charge in [0.25, 0.3) is 5.91 Å². The molecule has 2 saturated heterocycles. The van der Waals surface area contributed by atoms with Crippen LogP contribution in [-0.4, -0.2) is 77.7 Å². The van der Waals surface area contributed by atoms with Crippen LogP contribution in [0.4, 0.5) is 4.39 Å².